The molecule has 18 heavy (non-hydrogen) atoms. The molecule has 1 aliphatic rings. The monoisotopic (exact) mass is 252 g/mol. The van der Waals surface area contributed by atoms with Gasteiger partial charge in [-0.1, -0.05) is 0 Å². The van der Waals surface area contributed by atoms with Crippen LogP contribution in [0.2, 0.25) is 0 Å². The predicted molar refractivity (Wildman–Crippen MR) is 67.3 cm³/mol. The number of hydrogen-bond acceptors (Lipinski definition) is 3. The van der Waals surface area contributed by atoms with E-state index in [0.29, 0.717) is 26.2 Å². The zero-order chi connectivity index (χ0) is 13.0. The Hall–Kier alpha value is -1.56. The summed E-state index contributed by atoms with van der Waals surface area (Å²) in [5.41, 5.74) is 1.13. The highest BCUT2D eigenvalue weighted by atomic mass is 16.5. The molecule has 1 unspecified atom stereocenters. The molecule has 0 radical (unpaired) electrons. The van der Waals surface area contributed by atoms with Crippen LogP contribution in [0.4, 0.5) is 4.79 Å². The largest absolute Gasteiger partial charge is 0.375 e. The zero-order valence-electron chi connectivity index (χ0n) is 10.9. The van der Waals surface area contributed by atoms with Gasteiger partial charge in [0, 0.05) is 32.9 Å². The average molecular weight is 252 g/mol. The summed E-state index contributed by atoms with van der Waals surface area (Å²) in [6.07, 6.45) is 4.72. The number of carbonyl (C=O) groups excluding carboxylic acids is 1. The van der Waals surface area contributed by atoms with Crippen molar-refractivity contribution in [1.29, 1.82) is 0 Å². The Kier molecular flexibility index (Phi) is 4.19. The predicted octanol–water partition coefficient (Wildman–Crippen LogP) is 0.393. The third kappa shape index (κ3) is 3.46. The van der Waals surface area contributed by atoms with E-state index in [-0.39, 0.29) is 12.1 Å². The van der Waals surface area contributed by atoms with Crippen molar-refractivity contribution in [1.82, 2.24) is 20.0 Å². The number of carbonyl (C=O) groups is 1. The third-order valence-corrected chi connectivity index (χ3v) is 2.98. The van der Waals surface area contributed by atoms with E-state index in [1.807, 2.05) is 26.4 Å². The van der Waals surface area contributed by atoms with Gasteiger partial charge in [-0.25, -0.2) is 4.79 Å². The second-order valence-electron chi connectivity index (χ2n) is 4.63. The number of morpholine rings is 1. The van der Waals surface area contributed by atoms with Crippen LogP contribution in [0.15, 0.2) is 12.4 Å². The van der Waals surface area contributed by atoms with Crippen molar-refractivity contribution in [3.05, 3.63) is 18.0 Å². The van der Waals surface area contributed by atoms with Gasteiger partial charge >= 0.3 is 6.03 Å². The van der Waals surface area contributed by atoms with Gasteiger partial charge in [-0.15, -0.1) is 0 Å². The summed E-state index contributed by atoms with van der Waals surface area (Å²) < 4.78 is 7.17. The molecular weight excluding hydrogens is 232 g/mol. The van der Waals surface area contributed by atoms with Crippen molar-refractivity contribution in [2.75, 3.05) is 26.2 Å². The molecule has 1 saturated heterocycles. The maximum absolute atomic E-state index is 11.9. The summed E-state index contributed by atoms with van der Waals surface area (Å²) in [5.74, 6) is 0. The standard InChI is InChI=1S/C12H20N4O2/c1-10-8-16(5-6-18-10)12(17)13-4-3-11-7-14-15(2)9-11/h7,9-10H,3-6,8H2,1-2H3,(H,13,17). The first-order chi connectivity index (χ1) is 8.65. The highest BCUT2D eigenvalue weighted by Crippen LogP contribution is 2.04. The van der Waals surface area contributed by atoms with Crippen LogP contribution in [0, 0.1) is 0 Å². The molecule has 2 heterocycles. The molecule has 1 atom stereocenters. The molecule has 2 rings (SSSR count). The lowest BCUT2D eigenvalue weighted by atomic mass is 10.2. The minimum Gasteiger partial charge on any atom is -0.375 e. The zero-order valence-corrected chi connectivity index (χ0v) is 10.9. The van der Waals surface area contributed by atoms with Crippen LogP contribution in [0.25, 0.3) is 0 Å². The number of aromatic nitrogens is 2. The highest BCUT2D eigenvalue weighted by molar-refractivity contribution is 5.74. The van der Waals surface area contributed by atoms with Gasteiger partial charge in [0.05, 0.1) is 18.9 Å². The number of aryl methyl sites for hydroxylation is 1. The van der Waals surface area contributed by atoms with Crippen molar-refractivity contribution in [2.45, 2.75) is 19.4 Å². The van der Waals surface area contributed by atoms with E-state index in [9.17, 15) is 4.79 Å². The van der Waals surface area contributed by atoms with Crippen LogP contribution < -0.4 is 5.32 Å². The molecule has 1 fully saturated rings. The number of hydrogen-bond donors (Lipinski definition) is 1. The molecule has 0 spiro atoms. The first-order valence-electron chi connectivity index (χ1n) is 6.27. The van der Waals surface area contributed by atoms with Crippen molar-refractivity contribution in [3.63, 3.8) is 0 Å². The summed E-state index contributed by atoms with van der Waals surface area (Å²) in [6, 6.07) is -0.00552. The lowest BCUT2D eigenvalue weighted by Gasteiger charge is -2.31. The summed E-state index contributed by atoms with van der Waals surface area (Å²) in [6.45, 7) is 4.57. The minimum absolute atomic E-state index is 0.00552. The van der Waals surface area contributed by atoms with Crippen LogP contribution in [0.3, 0.4) is 0 Å². The molecule has 1 aliphatic heterocycles. The summed E-state index contributed by atoms with van der Waals surface area (Å²) in [4.78, 5) is 13.7. The van der Waals surface area contributed by atoms with Crippen LogP contribution in [-0.4, -0.2) is 53.1 Å². The quantitative estimate of drug-likeness (QED) is 0.846. The first-order valence-corrected chi connectivity index (χ1v) is 6.27. The van der Waals surface area contributed by atoms with E-state index in [1.54, 1.807) is 9.58 Å². The number of ether oxygens (including phenoxy) is 1. The maximum atomic E-state index is 11.9. The SMILES string of the molecule is CC1CN(C(=O)NCCc2cnn(C)c2)CCO1. The molecule has 0 saturated carbocycles. The Morgan fingerprint density at radius 2 is 2.50 bits per heavy atom. The molecule has 0 bridgehead atoms. The van der Waals surface area contributed by atoms with E-state index >= 15 is 0 Å². The van der Waals surface area contributed by atoms with Gasteiger partial charge in [-0.05, 0) is 18.9 Å². The molecule has 2 amide bonds. The molecular formula is C12H20N4O2. The first kappa shape index (κ1) is 12.9. The molecule has 1 N–H and O–H groups in total. The Morgan fingerprint density at radius 3 is 3.17 bits per heavy atom. The fourth-order valence-corrected chi connectivity index (χ4v) is 2.03. The third-order valence-electron chi connectivity index (χ3n) is 2.98. The fourth-order valence-electron chi connectivity index (χ4n) is 2.03. The molecule has 6 nitrogen and oxygen atoms in total. The molecule has 0 aromatic carbocycles. The molecule has 1 aromatic heterocycles. The van der Waals surface area contributed by atoms with Crippen molar-refractivity contribution in [3.8, 4) is 0 Å². The second-order valence-corrected chi connectivity index (χ2v) is 4.63. The lowest BCUT2D eigenvalue weighted by molar-refractivity contribution is -0.00342. The van der Waals surface area contributed by atoms with Crippen molar-refractivity contribution in [2.24, 2.45) is 7.05 Å². The Balaban J connectivity index is 1.71. The van der Waals surface area contributed by atoms with Crippen LogP contribution in [0.5, 0.6) is 0 Å². The number of nitrogens with zero attached hydrogens (tertiary/aromatic N) is 3. The topological polar surface area (TPSA) is 59.4 Å². The fraction of sp³-hybridized carbons (Fsp3) is 0.667. The van der Waals surface area contributed by atoms with Crippen LogP contribution in [0.1, 0.15) is 12.5 Å². The normalized spacial score (nSPS) is 19.9. The maximum Gasteiger partial charge on any atom is 0.317 e. The van der Waals surface area contributed by atoms with Gasteiger partial charge in [-0.3, -0.25) is 4.68 Å². The molecule has 0 aliphatic carbocycles. The molecule has 1 aromatic rings. The van der Waals surface area contributed by atoms with Crippen LogP contribution >= 0.6 is 0 Å². The number of urea groups is 1. The van der Waals surface area contributed by atoms with Gasteiger partial charge in [0.15, 0.2) is 0 Å². The van der Waals surface area contributed by atoms with Gasteiger partial charge in [0.25, 0.3) is 0 Å². The van der Waals surface area contributed by atoms with Crippen LogP contribution in [-0.2, 0) is 18.2 Å². The Morgan fingerprint density at radius 1 is 1.67 bits per heavy atom. The van der Waals surface area contributed by atoms with Crippen molar-refractivity contribution >= 4 is 6.03 Å². The second kappa shape index (κ2) is 5.86. The number of nitrogens with one attached hydrogen (secondary N) is 1. The summed E-state index contributed by atoms with van der Waals surface area (Å²) in [5, 5.41) is 7.02. The molecule has 100 valence electrons. The minimum atomic E-state index is -0.00552. The van der Waals surface area contributed by atoms with E-state index in [2.05, 4.69) is 10.4 Å². The number of rotatable bonds is 3. The smallest absolute Gasteiger partial charge is 0.317 e. The van der Waals surface area contributed by atoms with Gasteiger partial charge < -0.3 is 15.0 Å². The van der Waals surface area contributed by atoms with E-state index in [0.717, 1.165) is 12.0 Å². The summed E-state index contributed by atoms with van der Waals surface area (Å²) >= 11 is 0. The Bertz CT molecular complexity index is 405. The Labute approximate surface area is 107 Å². The highest BCUT2D eigenvalue weighted by Gasteiger charge is 2.20. The number of amides is 2. The van der Waals surface area contributed by atoms with Gasteiger partial charge in [0.1, 0.15) is 0 Å². The van der Waals surface area contributed by atoms with Gasteiger partial charge in [-0.2, -0.15) is 5.10 Å². The van der Waals surface area contributed by atoms with Crippen molar-refractivity contribution < 1.29 is 9.53 Å². The summed E-state index contributed by atoms with van der Waals surface area (Å²) in [7, 11) is 1.89. The molecule has 6 heteroatoms. The van der Waals surface area contributed by atoms with E-state index in [1.165, 1.54) is 0 Å². The van der Waals surface area contributed by atoms with E-state index in [4.69, 9.17) is 4.74 Å². The van der Waals surface area contributed by atoms with E-state index < -0.39 is 0 Å². The van der Waals surface area contributed by atoms with Gasteiger partial charge in [0.2, 0.25) is 0 Å². The average Bonchev–Trinajstić information content (AvgIpc) is 2.75. The lowest BCUT2D eigenvalue weighted by Crippen LogP contribution is -2.49.